The number of nitrogens with one attached hydrogen (secondary N) is 1. The van der Waals surface area contributed by atoms with Crippen molar-refractivity contribution in [2.75, 3.05) is 6.61 Å². The third kappa shape index (κ3) is 2.55. The first-order valence-corrected chi connectivity index (χ1v) is 7.49. The standard InChI is InChI=1S/C18H22N2O/c1-12-6-3-9-15(13(12)2)17(20-19)16-10-4-7-14-8-5-11-21-18(14)16/h3-4,6-7,9-10,17,20H,5,8,11,19H2,1-2H3. The van der Waals surface area contributed by atoms with E-state index in [2.05, 4.69) is 55.7 Å². The topological polar surface area (TPSA) is 47.3 Å². The molecule has 0 spiro atoms. The first kappa shape index (κ1) is 14.1. The van der Waals surface area contributed by atoms with E-state index in [4.69, 9.17) is 10.6 Å². The molecule has 3 nitrogen and oxygen atoms in total. The molecule has 1 aliphatic heterocycles. The molecule has 0 saturated carbocycles. The van der Waals surface area contributed by atoms with Gasteiger partial charge in [-0.05, 0) is 48.9 Å². The van der Waals surface area contributed by atoms with E-state index in [-0.39, 0.29) is 6.04 Å². The molecule has 3 N–H and O–H groups in total. The number of aryl methyl sites for hydroxylation is 2. The maximum Gasteiger partial charge on any atom is 0.127 e. The maximum atomic E-state index is 5.93. The van der Waals surface area contributed by atoms with Crippen LogP contribution in [0.2, 0.25) is 0 Å². The first-order valence-electron chi connectivity index (χ1n) is 7.49. The molecule has 0 aliphatic carbocycles. The first-order chi connectivity index (χ1) is 10.2. The van der Waals surface area contributed by atoms with Gasteiger partial charge in [0.05, 0.1) is 12.6 Å². The quantitative estimate of drug-likeness (QED) is 0.671. The molecule has 0 fully saturated rings. The van der Waals surface area contributed by atoms with Gasteiger partial charge in [0, 0.05) is 5.56 Å². The lowest BCUT2D eigenvalue weighted by Gasteiger charge is -2.26. The van der Waals surface area contributed by atoms with Crippen molar-refractivity contribution in [2.24, 2.45) is 5.84 Å². The van der Waals surface area contributed by atoms with Crippen LogP contribution in [0, 0.1) is 13.8 Å². The van der Waals surface area contributed by atoms with Gasteiger partial charge in [-0.3, -0.25) is 5.84 Å². The molecular weight excluding hydrogens is 260 g/mol. The minimum Gasteiger partial charge on any atom is -0.493 e. The van der Waals surface area contributed by atoms with Crippen LogP contribution >= 0.6 is 0 Å². The molecule has 0 bridgehead atoms. The normalized spacial score (nSPS) is 15.2. The molecule has 0 aromatic heterocycles. The van der Waals surface area contributed by atoms with E-state index in [9.17, 15) is 0 Å². The minimum atomic E-state index is -0.0436. The summed E-state index contributed by atoms with van der Waals surface area (Å²) >= 11 is 0. The summed E-state index contributed by atoms with van der Waals surface area (Å²) in [5, 5.41) is 0. The number of hydrogen-bond donors (Lipinski definition) is 2. The van der Waals surface area contributed by atoms with Crippen molar-refractivity contribution in [2.45, 2.75) is 32.7 Å². The number of hydrazine groups is 1. The Kier molecular flexibility index (Phi) is 3.95. The Hall–Kier alpha value is -1.84. The predicted molar refractivity (Wildman–Crippen MR) is 85.3 cm³/mol. The van der Waals surface area contributed by atoms with Crippen LogP contribution in [0.3, 0.4) is 0 Å². The molecule has 1 atom stereocenters. The van der Waals surface area contributed by atoms with Crippen molar-refractivity contribution < 1.29 is 4.74 Å². The molecule has 2 aromatic carbocycles. The zero-order chi connectivity index (χ0) is 14.8. The maximum absolute atomic E-state index is 5.93. The molecule has 1 heterocycles. The van der Waals surface area contributed by atoms with Gasteiger partial charge in [-0.2, -0.15) is 0 Å². The Morgan fingerprint density at radius 1 is 1.10 bits per heavy atom. The van der Waals surface area contributed by atoms with Crippen LogP contribution in [0.25, 0.3) is 0 Å². The Bertz CT molecular complexity index is 652. The van der Waals surface area contributed by atoms with Gasteiger partial charge < -0.3 is 4.74 Å². The summed E-state index contributed by atoms with van der Waals surface area (Å²) in [5.41, 5.74) is 9.14. The van der Waals surface area contributed by atoms with Crippen molar-refractivity contribution in [1.29, 1.82) is 0 Å². The van der Waals surface area contributed by atoms with Crippen LogP contribution in [0.1, 0.15) is 40.3 Å². The monoisotopic (exact) mass is 282 g/mol. The lowest BCUT2D eigenvalue weighted by Crippen LogP contribution is -2.30. The number of benzene rings is 2. The summed E-state index contributed by atoms with van der Waals surface area (Å²) < 4.78 is 5.93. The second kappa shape index (κ2) is 5.88. The predicted octanol–water partition coefficient (Wildman–Crippen LogP) is 3.18. The molecule has 1 unspecified atom stereocenters. The fourth-order valence-corrected chi connectivity index (χ4v) is 3.08. The van der Waals surface area contributed by atoms with Gasteiger partial charge >= 0.3 is 0 Å². The highest BCUT2D eigenvalue weighted by molar-refractivity contribution is 5.49. The molecule has 2 aromatic rings. The molecular formula is C18H22N2O. The summed E-state index contributed by atoms with van der Waals surface area (Å²) in [7, 11) is 0. The van der Waals surface area contributed by atoms with Gasteiger partial charge in [0.15, 0.2) is 0 Å². The highest BCUT2D eigenvalue weighted by atomic mass is 16.5. The second-order valence-electron chi connectivity index (χ2n) is 5.68. The summed E-state index contributed by atoms with van der Waals surface area (Å²) in [6.07, 6.45) is 2.16. The summed E-state index contributed by atoms with van der Waals surface area (Å²) in [4.78, 5) is 0. The molecule has 3 heteroatoms. The summed E-state index contributed by atoms with van der Waals surface area (Å²) in [6.45, 7) is 5.06. The average molecular weight is 282 g/mol. The van der Waals surface area contributed by atoms with E-state index in [0.29, 0.717) is 0 Å². The Morgan fingerprint density at radius 2 is 1.86 bits per heavy atom. The van der Waals surface area contributed by atoms with Gasteiger partial charge in [0.25, 0.3) is 0 Å². The van der Waals surface area contributed by atoms with Gasteiger partial charge in [-0.25, -0.2) is 5.43 Å². The Balaban J connectivity index is 2.11. The van der Waals surface area contributed by atoms with Gasteiger partial charge in [0.2, 0.25) is 0 Å². The lowest BCUT2D eigenvalue weighted by molar-refractivity contribution is 0.283. The molecule has 3 rings (SSSR count). The van der Waals surface area contributed by atoms with Crippen molar-refractivity contribution in [3.63, 3.8) is 0 Å². The zero-order valence-corrected chi connectivity index (χ0v) is 12.6. The zero-order valence-electron chi connectivity index (χ0n) is 12.6. The van der Waals surface area contributed by atoms with Crippen molar-refractivity contribution in [3.8, 4) is 5.75 Å². The summed E-state index contributed by atoms with van der Waals surface area (Å²) in [6, 6.07) is 12.7. The van der Waals surface area contributed by atoms with Crippen molar-refractivity contribution in [3.05, 3.63) is 64.2 Å². The SMILES string of the molecule is Cc1cccc(C(NN)c2cccc3c2OCCC3)c1C. The smallest absolute Gasteiger partial charge is 0.127 e. The van der Waals surface area contributed by atoms with Gasteiger partial charge in [0.1, 0.15) is 5.75 Å². The van der Waals surface area contributed by atoms with Crippen molar-refractivity contribution >= 4 is 0 Å². The van der Waals surface area contributed by atoms with E-state index >= 15 is 0 Å². The van der Waals surface area contributed by atoms with E-state index in [0.717, 1.165) is 30.8 Å². The van der Waals surface area contributed by atoms with E-state index in [1.165, 1.54) is 22.3 Å². The summed E-state index contributed by atoms with van der Waals surface area (Å²) in [5.74, 6) is 6.89. The third-order valence-electron chi connectivity index (χ3n) is 4.40. The minimum absolute atomic E-state index is 0.0436. The molecule has 0 radical (unpaired) electrons. The number of rotatable bonds is 3. The van der Waals surface area contributed by atoms with Crippen LogP contribution in [0.5, 0.6) is 5.75 Å². The highest BCUT2D eigenvalue weighted by Gasteiger charge is 2.22. The van der Waals surface area contributed by atoms with Crippen molar-refractivity contribution in [1.82, 2.24) is 5.43 Å². The van der Waals surface area contributed by atoms with E-state index in [1.54, 1.807) is 0 Å². The molecule has 0 saturated heterocycles. The second-order valence-corrected chi connectivity index (χ2v) is 5.68. The molecule has 1 aliphatic rings. The molecule has 0 amide bonds. The fourth-order valence-electron chi connectivity index (χ4n) is 3.08. The van der Waals surface area contributed by atoms with Crippen LogP contribution in [0.15, 0.2) is 36.4 Å². The Labute approximate surface area is 126 Å². The van der Waals surface area contributed by atoms with Gasteiger partial charge in [-0.15, -0.1) is 0 Å². The largest absolute Gasteiger partial charge is 0.493 e. The highest BCUT2D eigenvalue weighted by Crippen LogP contribution is 2.36. The van der Waals surface area contributed by atoms with Crippen LogP contribution < -0.4 is 16.0 Å². The average Bonchev–Trinajstić information content (AvgIpc) is 2.52. The van der Waals surface area contributed by atoms with Crippen LogP contribution in [0.4, 0.5) is 0 Å². The van der Waals surface area contributed by atoms with E-state index < -0.39 is 0 Å². The number of fused-ring (bicyclic) bond motifs is 1. The number of ether oxygens (including phenoxy) is 1. The van der Waals surface area contributed by atoms with Crippen LogP contribution in [-0.4, -0.2) is 6.61 Å². The number of nitrogens with two attached hydrogens (primary N) is 1. The fraction of sp³-hybridized carbons (Fsp3) is 0.333. The lowest BCUT2D eigenvalue weighted by atomic mass is 9.90. The molecule has 110 valence electrons. The van der Waals surface area contributed by atoms with Gasteiger partial charge in [-0.1, -0.05) is 36.4 Å². The Morgan fingerprint density at radius 3 is 2.67 bits per heavy atom. The van der Waals surface area contributed by atoms with Crippen LogP contribution in [-0.2, 0) is 6.42 Å². The number of para-hydroxylation sites is 1. The molecule has 21 heavy (non-hydrogen) atoms. The third-order valence-corrected chi connectivity index (χ3v) is 4.40. The van der Waals surface area contributed by atoms with E-state index in [1.807, 2.05) is 0 Å². The number of hydrogen-bond acceptors (Lipinski definition) is 3.